The number of rotatable bonds is 8. The second-order valence-corrected chi connectivity index (χ2v) is 5.67. The van der Waals surface area contributed by atoms with Gasteiger partial charge in [0.25, 0.3) is 0 Å². The van der Waals surface area contributed by atoms with Crippen molar-refractivity contribution in [3.63, 3.8) is 0 Å². The van der Waals surface area contributed by atoms with Crippen molar-refractivity contribution >= 4 is 19.8 Å². The quantitative estimate of drug-likeness (QED) is 0.509. The van der Waals surface area contributed by atoms with Gasteiger partial charge in [-0.3, -0.25) is 0 Å². The van der Waals surface area contributed by atoms with Crippen LogP contribution in [0, 0.1) is 0 Å². The van der Waals surface area contributed by atoms with Crippen molar-refractivity contribution in [3.8, 4) is 11.5 Å². The molecular weight excluding hydrogens is 327 g/mol. The van der Waals surface area contributed by atoms with Gasteiger partial charge in [0.05, 0.1) is 14.2 Å². The Kier molecular flexibility index (Phi) is 6.10. The maximum atomic E-state index is 12.0. The monoisotopic (exact) mass is 346 g/mol. The molecule has 0 atom stereocenters. The third-order valence-corrected chi connectivity index (χ3v) is 4.06. The van der Waals surface area contributed by atoms with Crippen LogP contribution >= 0.6 is 8.25 Å². The van der Waals surface area contributed by atoms with Gasteiger partial charge in [-0.25, -0.2) is 4.57 Å². The van der Waals surface area contributed by atoms with Crippen LogP contribution in [0.3, 0.4) is 0 Å². The molecule has 0 saturated heterocycles. The molecule has 0 aliphatic heterocycles. The molecule has 126 valence electrons. The highest BCUT2D eigenvalue weighted by atomic mass is 31.1. The van der Waals surface area contributed by atoms with Crippen LogP contribution in [-0.2, 0) is 13.6 Å². The van der Waals surface area contributed by atoms with Crippen molar-refractivity contribution in [2.75, 3.05) is 14.2 Å². The topological polar surface area (TPSA) is 54.0 Å². The third-order valence-electron chi connectivity index (χ3n) is 3.24. The van der Waals surface area contributed by atoms with Gasteiger partial charge in [-0.15, -0.1) is 0 Å². The first kappa shape index (κ1) is 17.7. The van der Waals surface area contributed by atoms with E-state index in [1.165, 1.54) is 0 Å². The van der Waals surface area contributed by atoms with Crippen molar-refractivity contribution in [2.45, 2.75) is 0 Å². The Hall–Kier alpha value is -2.65. The van der Waals surface area contributed by atoms with Crippen LogP contribution in [0.25, 0.3) is 11.5 Å². The molecule has 0 unspecified atom stereocenters. The first-order valence-corrected chi connectivity index (χ1v) is 8.32. The summed E-state index contributed by atoms with van der Waals surface area (Å²) in [5, 5.41) is 0. The molecule has 0 aromatic heterocycles. The summed E-state index contributed by atoms with van der Waals surface area (Å²) in [5.74, 6) is 1.93. The highest BCUT2D eigenvalue weighted by molar-refractivity contribution is 7.34. The predicted molar refractivity (Wildman–Crippen MR) is 95.2 cm³/mol. The van der Waals surface area contributed by atoms with Crippen molar-refractivity contribution in [1.29, 1.82) is 0 Å². The number of hydrogen-bond donors (Lipinski definition) is 0. The maximum Gasteiger partial charge on any atom is 0.418 e. The number of ether oxygens (including phenoxy) is 2. The van der Waals surface area contributed by atoms with Gasteiger partial charge in [0.2, 0.25) is 0 Å². The van der Waals surface area contributed by atoms with E-state index in [9.17, 15) is 4.57 Å². The molecule has 0 aliphatic carbocycles. The molecule has 0 aliphatic rings. The minimum Gasteiger partial charge on any atom is -0.497 e. The lowest BCUT2D eigenvalue weighted by Gasteiger charge is -2.12. The fourth-order valence-corrected chi connectivity index (χ4v) is 2.57. The molecule has 0 N–H and O–H groups in total. The minimum atomic E-state index is -2.82. The molecule has 0 radical (unpaired) electrons. The Balaban J connectivity index is 1.93. The van der Waals surface area contributed by atoms with Crippen LogP contribution in [0.15, 0.2) is 61.7 Å². The van der Waals surface area contributed by atoms with E-state index in [0.29, 0.717) is 22.6 Å². The van der Waals surface area contributed by atoms with E-state index >= 15 is 0 Å². The Morgan fingerprint density at radius 3 is 1.38 bits per heavy atom. The number of benzene rings is 2. The first-order valence-electron chi connectivity index (χ1n) is 7.10. The van der Waals surface area contributed by atoms with Gasteiger partial charge < -0.3 is 18.5 Å². The smallest absolute Gasteiger partial charge is 0.418 e. The van der Waals surface area contributed by atoms with Crippen molar-refractivity contribution in [3.05, 3.63) is 72.8 Å². The van der Waals surface area contributed by atoms with E-state index in [2.05, 4.69) is 13.2 Å². The van der Waals surface area contributed by atoms with Gasteiger partial charge in [0.1, 0.15) is 23.0 Å². The Bertz CT molecular complexity index is 672. The summed E-state index contributed by atoms with van der Waals surface area (Å²) in [6.45, 7) is 7.52. The molecule has 2 rings (SSSR count). The molecule has 0 bridgehead atoms. The molecule has 6 heteroatoms. The van der Waals surface area contributed by atoms with E-state index < -0.39 is 8.25 Å². The Labute approximate surface area is 142 Å². The van der Waals surface area contributed by atoms with Crippen LogP contribution < -0.4 is 9.47 Å². The fourth-order valence-electron chi connectivity index (χ4n) is 1.89. The average molecular weight is 346 g/mol. The summed E-state index contributed by atoms with van der Waals surface area (Å²) in [7, 11) is 0.338. The molecule has 0 saturated carbocycles. The summed E-state index contributed by atoms with van der Waals surface area (Å²) in [6, 6.07) is 14.1. The Morgan fingerprint density at radius 1 is 0.750 bits per heavy atom. The maximum absolute atomic E-state index is 12.0. The van der Waals surface area contributed by atoms with E-state index in [4.69, 9.17) is 18.5 Å². The first-order chi connectivity index (χ1) is 11.5. The molecule has 2 aromatic rings. The highest BCUT2D eigenvalue weighted by Crippen LogP contribution is 2.36. The normalized spacial score (nSPS) is 10.1. The zero-order chi connectivity index (χ0) is 17.5. The van der Waals surface area contributed by atoms with Crippen molar-refractivity contribution < 1.29 is 23.1 Å². The van der Waals surface area contributed by atoms with E-state index in [1.54, 1.807) is 62.8 Å². The lowest BCUT2D eigenvalue weighted by atomic mass is 10.2. The molecule has 0 spiro atoms. The van der Waals surface area contributed by atoms with Crippen LogP contribution in [0.2, 0.25) is 0 Å². The van der Waals surface area contributed by atoms with Gasteiger partial charge in [-0.1, -0.05) is 13.2 Å². The van der Waals surface area contributed by atoms with Gasteiger partial charge in [0, 0.05) is 11.1 Å². The van der Waals surface area contributed by atoms with E-state index in [0.717, 1.165) is 0 Å². The lowest BCUT2D eigenvalue weighted by Crippen LogP contribution is -1.89. The molecule has 2 aromatic carbocycles. The molecule has 5 nitrogen and oxygen atoms in total. The summed E-state index contributed by atoms with van der Waals surface area (Å²) < 4.78 is 32.7. The van der Waals surface area contributed by atoms with Gasteiger partial charge in [-0.2, -0.15) is 0 Å². The second kappa shape index (κ2) is 8.27. The number of hydrogen-bond acceptors (Lipinski definition) is 5. The Morgan fingerprint density at radius 2 is 1.08 bits per heavy atom. The van der Waals surface area contributed by atoms with Gasteiger partial charge >= 0.3 is 8.25 Å². The largest absolute Gasteiger partial charge is 0.497 e. The molecule has 0 amide bonds. The highest BCUT2D eigenvalue weighted by Gasteiger charge is 2.09. The predicted octanol–water partition coefficient (Wildman–Crippen LogP) is 4.77. The van der Waals surface area contributed by atoms with Gasteiger partial charge in [0.15, 0.2) is 0 Å². The van der Waals surface area contributed by atoms with Crippen LogP contribution in [0.5, 0.6) is 11.5 Å². The zero-order valence-electron chi connectivity index (χ0n) is 13.6. The summed E-state index contributed by atoms with van der Waals surface area (Å²) in [6.07, 6.45) is 0. The SMILES string of the molecule is C=C(O[PH](=O)OC(=C)c1ccc(OC)cc1)c1ccc(OC)cc1. The average Bonchev–Trinajstić information content (AvgIpc) is 2.61. The zero-order valence-corrected chi connectivity index (χ0v) is 14.6. The van der Waals surface area contributed by atoms with Crippen molar-refractivity contribution in [2.24, 2.45) is 0 Å². The molecule has 24 heavy (non-hydrogen) atoms. The fraction of sp³-hybridized carbons (Fsp3) is 0.111. The van der Waals surface area contributed by atoms with Crippen LogP contribution in [0.1, 0.15) is 11.1 Å². The summed E-state index contributed by atoms with van der Waals surface area (Å²) in [5.41, 5.74) is 1.38. The van der Waals surface area contributed by atoms with Crippen LogP contribution in [-0.4, -0.2) is 14.2 Å². The second-order valence-electron chi connectivity index (χ2n) is 4.76. The summed E-state index contributed by atoms with van der Waals surface area (Å²) in [4.78, 5) is 0. The van der Waals surface area contributed by atoms with E-state index in [1.807, 2.05) is 0 Å². The third kappa shape index (κ3) is 4.67. The van der Waals surface area contributed by atoms with E-state index in [-0.39, 0.29) is 11.5 Å². The molecular formula is C18H19O5P. The lowest BCUT2D eigenvalue weighted by molar-refractivity contribution is 0.383. The van der Waals surface area contributed by atoms with Gasteiger partial charge in [-0.05, 0) is 48.5 Å². The van der Waals surface area contributed by atoms with Crippen LogP contribution in [0.4, 0.5) is 0 Å². The molecule has 0 heterocycles. The van der Waals surface area contributed by atoms with Crippen molar-refractivity contribution in [1.82, 2.24) is 0 Å². The standard InChI is InChI=1S/C18H19O5P/c1-13(15-5-9-17(20-3)10-6-15)22-24(19)23-14(2)16-7-11-18(21-4)12-8-16/h5-12,24H,1-2H2,3-4H3. The minimum absolute atomic E-state index is 0.254. The number of methoxy groups -OCH3 is 2. The summed E-state index contributed by atoms with van der Waals surface area (Å²) >= 11 is 0. The molecule has 0 fully saturated rings.